The van der Waals surface area contributed by atoms with E-state index in [1.807, 2.05) is 6.92 Å². The number of benzene rings is 2. The summed E-state index contributed by atoms with van der Waals surface area (Å²) >= 11 is 7.35. The van der Waals surface area contributed by atoms with Gasteiger partial charge in [0, 0.05) is 77.2 Å². The topological polar surface area (TPSA) is 69.5 Å². The number of esters is 1. The number of ether oxygens (including phenoxy) is 3. The third-order valence-electron chi connectivity index (χ3n) is 16.5. The molecule has 350 valence electrons. The molecular weight excluding hydrogens is 832 g/mol. The molecule has 0 radical (unpaired) electrons. The van der Waals surface area contributed by atoms with Gasteiger partial charge in [0.1, 0.15) is 6.54 Å². The van der Waals surface area contributed by atoms with Crippen molar-refractivity contribution >= 4 is 34.7 Å². The van der Waals surface area contributed by atoms with Crippen molar-refractivity contribution in [1.82, 2.24) is 0 Å². The largest absolute Gasteiger partial charge is 0.435 e. The average molecular weight is 907 g/mol. The van der Waals surface area contributed by atoms with E-state index in [0.29, 0.717) is 12.3 Å². The minimum Gasteiger partial charge on any atom is -0.435 e. The number of rotatable bonds is 14. The van der Waals surface area contributed by atoms with E-state index in [4.69, 9.17) is 35.6 Å². The lowest BCUT2D eigenvalue weighted by molar-refractivity contribution is -0.576. The summed E-state index contributed by atoms with van der Waals surface area (Å²) in [5.41, 5.74) is 9.44. The number of carbonyl (C=O) groups is 1. The molecule has 0 N–H and O–H groups in total. The van der Waals surface area contributed by atoms with Gasteiger partial charge in [-0.05, 0) is 119 Å². The highest BCUT2D eigenvalue weighted by atomic mass is 35.5. The number of allylic oxidation sites excluding steroid dienone is 8. The molecule has 2 aliphatic carbocycles. The van der Waals surface area contributed by atoms with Crippen LogP contribution in [0.1, 0.15) is 156 Å². The summed E-state index contributed by atoms with van der Waals surface area (Å²) < 4.78 is 21.7. The molecule has 1 unspecified atom stereocenters. The van der Waals surface area contributed by atoms with E-state index in [1.165, 1.54) is 64.3 Å². The number of unbranched alkanes of at least 4 members (excludes halogenated alkanes) is 4. The molecule has 9 heteroatoms. The van der Waals surface area contributed by atoms with E-state index in [1.54, 1.807) is 0 Å². The standard InChI is InChI=1S/C56H74ClN2O6/c1-9-10-17-35-58-45-24-15-13-22-43(45)53(4,5)47(58)31-28-39-20-19-21-40(50(39)57)29-32-48-54(6,7)44-23-14-16-25-46(44)59(48)36-18-11-12-26-49(60)61-51-38(3)42-30-27-37(2)41-33-34-55(8)63-52(62-51)56(41,42)65-64-55/h13-16,22-25,28-29,31-32,37-38,41-42,51-52H,9-12,17-21,26-27,30,33-36H2,1-8H3/q+1/t37-,38-,41+,42+,51?,52-,55+,56-/m1/s1. The second-order valence-electron chi connectivity index (χ2n) is 21.5. The lowest BCUT2D eigenvalue weighted by atomic mass is 9.58. The van der Waals surface area contributed by atoms with Crippen LogP contribution in [-0.4, -0.2) is 53.3 Å². The second-order valence-corrected chi connectivity index (χ2v) is 21.9. The molecule has 1 spiro atoms. The molecule has 4 saturated heterocycles. The fourth-order valence-corrected chi connectivity index (χ4v) is 13.1. The summed E-state index contributed by atoms with van der Waals surface area (Å²) in [7, 11) is 0. The Hall–Kier alpha value is -3.53. The highest BCUT2D eigenvalue weighted by Gasteiger charge is 2.70. The van der Waals surface area contributed by atoms with E-state index in [0.717, 1.165) is 82.3 Å². The van der Waals surface area contributed by atoms with Crippen LogP contribution in [0.3, 0.4) is 0 Å². The monoisotopic (exact) mass is 906 g/mol. The Kier molecular flexibility index (Phi) is 13.3. The molecule has 0 amide bonds. The van der Waals surface area contributed by atoms with Crippen LogP contribution in [0.4, 0.5) is 11.4 Å². The van der Waals surface area contributed by atoms with Gasteiger partial charge in [-0.2, -0.15) is 4.58 Å². The molecule has 2 aromatic carbocycles. The number of anilines is 1. The van der Waals surface area contributed by atoms with Crippen molar-refractivity contribution in [3.05, 3.63) is 106 Å². The molecule has 8 atom stereocenters. The predicted molar refractivity (Wildman–Crippen MR) is 259 cm³/mol. The maximum atomic E-state index is 13.4. The zero-order valence-corrected chi connectivity index (χ0v) is 41.2. The molecule has 65 heavy (non-hydrogen) atoms. The predicted octanol–water partition coefficient (Wildman–Crippen LogP) is 13.4. The molecule has 8 aliphatic rings. The summed E-state index contributed by atoms with van der Waals surface area (Å²) in [4.78, 5) is 28.2. The number of fused-ring (bicyclic) bond motifs is 4. The van der Waals surface area contributed by atoms with Gasteiger partial charge in [-0.3, -0.25) is 4.79 Å². The van der Waals surface area contributed by atoms with Gasteiger partial charge in [-0.1, -0.05) is 108 Å². The van der Waals surface area contributed by atoms with Gasteiger partial charge in [-0.15, -0.1) is 0 Å². The Morgan fingerprint density at radius 3 is 2.46 bits per heavy atom. The van der Waals surface area contributed by atoms with Crippen molar-refractivity contribution < 1.29 is 33.4 Å². The lowest BCUT2D eigenvalue weighted by Crippen LogP contribution is -2.70. The quantitative estimate of drug-likeness (QED) is 0.0809. The van der Waals surface area contributed by atoms with Crippen LogP contribution in [0, 0.1) is 23.7 Å². The van der Waals surface area contributed by atoms with Crippen molar-refractivity contribution in [3.63, 3.8) is 0 Å². The second kappa shape index (κ2) is 18.5. The third kappa shape index (κ3) is 8.44. The summed E-state index contributed by atoms with van der Waals surface area (Å²) in [5, 5.41) is 0.887. The molecule has 10 rings (SSSR count). The maximum absolute atomic E-state index is 13.4. The smallest absolute Gasteiger partial charge is 0.308 e. The van der Waals surface area contributed by atoms with Gasteiger partial charge >= 0.3 is 5.97 Å². The van der Waals surface area contributed by atoms with Crippen LogP contribution >= 0.6 is 11.6 Å². The number of hydrogen-bond donors (Lipinski definition) is 0. The molecular formula is C56H74ClN2O6+. The normalized spacial score (nSPS) is 33.5. The summed E-state index contributed by atoms with van der Waals surface area (Å²) in [6, 6.07) is 17.7. The Bertz CT molecular complexity index is 2290. The fraction of sp³-hybridized carbons (Fsp3) is 0.607. The van der Waals surface area contributed by atoms with Crippen molar-refractivity contribution in [1.29, 1.82) is 0 Å². The maximum Gasteiger partial charge on any atom is 0.308 e. The minimum absolute atomic E-state index is 0.0338. The highest BCUT2D eigenvalue weighted by molar-refractivity contribution is 6.32. The first-order valence-electron chi connectivity index (χ1n) is 25.2. The van der Waals surface area contributed by atoms with Gasteiger partial charge in [0.2, 0.25) is 17.8 Å². The number of hydrogen-bond acceptors (Lipinski definition) is 7. The van der Waals surface area contributed by atoms with Crippen molar-refractivity contribution in [3.8, 4) is 0 Å². The van der Waals surface area contributed by atoms with Crippen molar-refractivity contribution in [2.24, 2.45) is 23.7 Å². The third-order valence-corrected chi connectivity index (χ3v) is 17.0. The molecule has 6 aliphatic heterocycles. The SMILES string of the molecule is CCCCC[N+]1=C(/C=C/C2=C(Cl)C(=C/C=C3/N(CCCCCC(=O)OC4O[C@@H]5O[C@]6(C)CC[C@H]7[C@H](C)CC[C@@H]([C@H]4C)[C@@]57OO6)c4ccccc4C3(C)C)/CCC2)C(C)(C)c2ccccc21. The van der Waals surface area contributed by atoms with Crippen LogP contribution in [0.15, 0.2) is 94.7 Å². The Labute approximate surface area is 394 Å². The fourth-order valence-electron chi connectivity index (χ4n) is 12.8. The molecule has 6 heterocycles. The van der Waals surface area contributed by atoms with Crippen LogP contribution in [-0.2, 0) is 39.6 Å². The summed E-state index contributed by atoms with van der Waals surface area (Å²) in [6.07, 6.45) is 21.4. The minimum atomic E-state index is -0.860. The van der Waals surface area contributed by atoms with E-state index in [2.05, 4.69) is 131 Å². The van der Waals surface area contributed by atoms with E-state index in [9.17, 15) is 4.79 Å². The van der Waals surface area contributed by atoms with E-state index < -0.39 is 24.0 Å². The van der Waals surface area contributed by atoms with Gasteiger partial charge in [0.25, 0.3) is 0 Å². The van der Waals surface area contributed by atoms with Crippen molar-refractivity contribution in [2.45, 2.75) is 180 Å². The molecule has 5 fully saturated rings. The number of halogens is 1. The van der Waals surface area contributed by atoms with Gasteiger partial charge in [0.05, 0.1) is 5.41 Å². The van der Waals surface area contributed by atoms with Crippen LogP contribution in [0.25, 0.3) is 0 Å². The molecule has 2 aromatic rings. The van der Waals surface area contributed by atoms with Crippen LogP contribution in [0.5, 0.6) is 0 Å². The Balaban J connectivity index is 0.856. The van der Waals surface area contributed by atoms with Gasteiger partial charge in [-0.25, -0.2) is 9.78 Å². The first-order valence-corrected chi connectivity index (χ1v) is 25.6. The first-order chi connectivity index (χ1) is 31.2. The zero-order valence-electron chi connectivity index (χ0n) is 40.4. The lowest BCUT2D eigenvalue weighted by Gasteiger charge is -2.59. The summed E-state index contributed by atoms with van der Waals surface area (Å²) in [5.74, 6) is -0.232. The number of para-hydroxylation sites is 2. The van der Waals surface area contributed by atoms with Crippen molar-refractivity contribution in [2.75, 3.05) is 18.0 Å². The molecule has 0 aromatic heterocycles. The first kappa shape index (κ1) is 46.6. The molecule has 8 nitrogen and oxygen atoms in total. The zero-order chi connectivity index (χ0) is 45.7. The summed E-state index contributed by atoms with van der Waals surface area (Å²) in [6.45, 7) is 19.9. The van der Waals surface area contributed by atoms with E-state index >= 15 is 0 Å². The van der Waals surface area contributed by atoms with Crippen LogP contribution in [0.2, 0.25) is 0 Å². The van der Waals surface area contributed by atoms with Gasteiger partial charge < -0.3 is 19.1 Å². The van der Waals surface area contributed by atoms with Crippen LogP contribution < -0.4 is 4.90 Å². The van der Waals surface area contributed by atoms with Gasteiger partial charge in [0.15, 0.2) is 17.6 Å². The molecule has 2 bridgehead atoms. The average Bonchev–Trinajstić information content (AvgIpc) is 3.47. The molecule has 1 saturated carbocycles. The number of carbonyl (C=O) groups excluding carboxylic acids is 1. The Morgan fingerprint density at radius 1 is 0.862 bits per heavy atom. The highest BCUT2D eigenvalue weighted by Crippen LogP contribution is 2.61. The Morgan fingerprint density at radius 2 is 1.65 bits per heavy atom. The number of nitrogens with zero attached hydrogens (tertiary/aromatic N) is 2. The van der Waals surface area contributed by atoms with E-state index in [-0.39, 0.29) is 34.6 Å².